The van der Waals surface area contributed by atoms with Gasteiger partial charge in [0.15, 0.2) is 0 Å². The average molecular weight is 320 g/mol. The minimum absolute atomic E-state index is 0.172. The van der Waals surface area contributed by atoms with Crippen molar-refractivity contribution >= 4 is 27.3 Å². The van der Waals surface area contributed by atoms with Gasteiger partial charge in [0, 0.05) is 29.3 Å². The molecule has 1 aliphatic heterocycles. The highest BCUT2D eigenvalue weighted by Crippen LogP contribution is 2.29. The molecule has 1 aromatic carbocycles. The molecule has 1 unspecified atom stereocenters. The number of amides is 1. The van der Waals surface area contributed by atoms with Crippen molar-refractivity contribution in [3.8, 4) is 0 Å². The second-order valence-corrected chi connectivity index (χ2v) is 6.80. The van der Waals surface area contributed by atoms with E-state index in [1.807, 2.05) is 30.3 Å². The molecular formula is C16H20N2O3S. The van der Waals surface area contributed by atoms with Gasteiger partial charge in [0.2, 0.25) is 5.91 Å². The van der Waals surface area contributed by atoms with Crippen LogP contribution in [0.3, 0.4) is 0 Å². The largest absolute Gasteiger partial charge is 0.386 e. The van der Waals surface area contributed by atoms with Gasteiger partial charge < -0.3 is 20.9 Å². The zero-order valence-corrected chi connectivity index (χ0v) is 13.1. The molecule has 1 fully saturated rings. The van der Waals surface area contributed by atoms with Gasteiger partial charge in [0.05, 0.1) is 5.54 Å². The molecule has 118 valence electrons. The highest BCUT2D eigenvalue weighted by atomic mass is 32.1. The van der Waals surface area contributed by atoms with E-state index in [9.17, 15) is 9.90 Å². The topological polar surface area (TPSA) is 84.6 Å². The summed E-state index contributed by atoms with van der Waals surface area (Å²) in [5, 5.41) is 14.2. The summed E-state index contributed by atoms with van der Waals surface area (Å²) in [6, 6.07) is 9.93. The van der Waals surface area contributed by atoms with Gasteiger partial charge >= 0.3 is 0 Å². The number of rotatable bonds is 4. The molecule has 3 rings (SSSR count). The maximum absolute atomic E-state index is 12.2. The number of fused-ring (bicyclic) bond motifs is 1. The van der Waals surface area contributed by atoms with Crippen LogP contribution < -0.4 is 11.1 Å². The molecule has 0 saturated carbocycles. The number of nitrogens with two attached hydrogens (primary N) is 1. The summed E-state index contributed by atoms with van der Waals surface area (Å²) in [5.74, 6) is -0.212. The van der Waals surface area contributed by atoms with Crippen molar-refractivity contribution in [3.63, 3.8) is 0 Å². The Bertz CT molecular complexity index is 631. The summed E-state index contributed by atoms with van der Waals surface area (Å²) in [6.45, 7) is 1.18. The van der Waals surface area contributed by atoms with Gasteiger partial charge in [-0.3, -0.25) is 4.79 Å². The molecule has 0 radical (unpaired) electrons. The molecule has 1 aliphatic rings. The van der Waals surface area contributed by atoms with Crippen molar-refractivity contribution in [3.05, 3.63) is 35.2 Å². The first kappa shape index (κ1) is 15.4. The molecule has 0 bridgehead atoms. The molecule has 5 nitrogen and oxygen atoms in total. The van der Waals surface area contributed by atoms with Crippen LogP contribution in [0.15, 0.2) is 30.3 Å². The second-order valence-electron chi connectivity index (χ2n) is 5.68. The number of hydrogen-bond donors (Lipinski definition) is 3. The predicted octanol–water partition coefficient (Wildman–Crippen LogP) is 1.56. The van der Waals surface area contributed by atoms with Crippen molar-refractivity contribution in [2.75, 3.05) is 19.8 Å². The van der Waals surface area contributed by atoms with E-state index in [1.54, 1.807) is 0 Å². The first-order chi connectivity index (χ1) is 10.6. The maximum Gasteiger partial charge on any atom is 0.240 e. The lowest BCUT2D eigenvalue weighted by molar-refractivity contribution is -0.130. The van der Waals surface area contributed by atoms with E-state index >= 15 is 0 Å². The standard InChI is InChI=1S/C16H20N2O3S/c17-16(5-7-21-8-6-16)15(20)18-10-12(19)14-9-11-3-1-2-4-13(11)22-14/h1-4,9,12,19H,5-8,10,17H2,(H,18,20). The van der Waals surface area contributed by atoms with Crippen LogP contribution >= 0.6 is 11.3 Å². The Labute approximate surface area is 133 Å². The number of nitrogens with one attached hydrogen (secondary N) is 1. The number of hydrogen-bond acceptors (Lipinski definition) is 5. The Kier molecular flexibility index (Phi) is 4.44. The van der Waals surface area contributed by atoms with Crippen LogP contribution in [-0.4, -0.2) is 36.3 Å². The van der Waals surface area contributed by atoms with Crippen LogP contribution in [0.1, 0.15) is 23.8 Å². The Morgan fingerprint density at radius 2 is 2.14 bits per heavy atom. The molecule has 2 aromatic rings. The van der Waals surface area contributed by atoms with E-state index in [1.165, 1.54) is 11.3 Å². The molecule has 1 aromatic heterocycles. The Morgan fingerprint density at radius 1 is 1.41 bits per heavy atom. The molecule has 22 heavy (non-hydrogen) atoms. The Balaban J connectivity index is 1.61. The van der Waals surface area contributed by atoms with E-state index in [0.717, 1.165) is 15.0 Å². The summed E-state index contributed by atoms with van der Waals surface area (Å²) in [6.07, 6.45) is 0.306. The van der Waals surface area contributed by atoms with Gasteiger partial charge in [-0.1, -0.05) is 18.2 Å². The lowest BCUT2D eigenvalue weighted by Crippen LogP contribution is -2.57. The quantitative estimate of drug-likeness (QED) is 0.798. The van der Waals surface area contributed by atoms with Gasteiger partial charge in [-0.15, -0.1) is 11.3 Å². The predicted molar refractivity (Wildman–Crippen MR) is 86.8 cm³/mol. The number of carbonyl (C=O) groups is 1. The number of benzene rings is 1. The van der Waals surface area contributed by atoms with Gasteiger partial charge in [-0.05, 0) is 30.4 Å². The van der Waals surface area contributed by atoms with Crippen LogP contribution in [0.4, 0.5) is 0 Å². The highest BCUT2D eigenvalue weighted by molar-refractivity contribution is 7.19. The van der Waals surface area contributed by atoms with E-state index in [4.69, 9.17) is 10.5 Å². The summed E-state index contributed by atoms with van der Waals surface area (Å²) >= 11 is 1.54. The number of carbonyl (C=O) groups excluding carboxylic acids is 1. The molecule has 1 atom stereocenters. The van der Waals surface area contributed by atoms with Crippen molar-refractivity contribution in [2.45, 2.75) is 24.5 Å². The molecule has 0 spiro atoms. The minimum Gasteiger partial charge on any atom is -0.386 e. The van der Waals surface area contributed by atoms with E-state index in [2.05, 4.69) is 5.32 Å². The first-order valence-electron chi connectivity index (χ1n) is 7.40. The minimum atomic E-state index is -0.877. The zero-order valence-electron chi connectivity index (χ0n) is 12.2. The lowest BCUT2D eigenvalue weighted by Gasteiger charge is -2.32. The van der Waals surface area contributed by atoms with Crippen molar-refractivity contribution < 1.29 is 14.6 Å². The molecule has 1 saturated heterocycles. The number of ether oxygens (including phenoxy) is 1. The van der Waals surface area contributed by atoms with E-state index in [-0.39, 0.29) is 12.5 Å². The highest BCUT2D eigenvalue weighted by Gasteiger charge is 2.35. The molecule has 0 aliphatic carbocycles. The third-order valence-corrected chi connectivity index (χ3v) is 5.28. The monoisotopic (exact) mass is 320 g/mol. The molecule has 2 heterocycles. The fourth-order valence-electron chi connectivity index (χ4n) is 2.60. The lowest BCUT2D eigenvalue weighted by atomic mass is 9.90. The normalized spacial score (nSPS) is 19.0. The van der Waals surface area contributed by atoms with Crippen LogP contribution in [0.2, 0.25) is 0 Å². The van der Waals surface area contributed by atoms with Crippen LogP contribution in [0, 0.1) is 0 Å². The van der Waals surface area contributed by atoms with Crippen LogP contribution in [0.5, 0.6) is 0 Å². The first-order valence-corrected chi connectivity index (χ1v) is 8.22. The van der Waals surface area contributed by atoms with Gasteiger partial charge in [-0.2, -0.15) is 0 Å². The van der Waals surface area contributed by atoms with Gasteiger partial charge in [0.25, 0.3) is 0 Å². The maximum atomic E-state index is 12.2. The second kappa shape index (κ2) is 6.34. The number of thiophene rings is 1. The van der Waals surface area contributed by atoms with Gasteiger partial charge in [0.1, 0.15) is 6.10 Å². The van der Waals surface area contributed by atoms with Crippen LogP contribution in [-0.2, 0) is 9.53 Å². The third kappa shape index (κ3) is 3.15. The van der Waals surface area contributed by atoms with Crippen molar-refractivity contribution in [1.82, 2.24) is 5.32 Å². The Hall–Kier alpha value is -1.47. The average Bonchev–Trinajstić information content (AvgIpc) is 2.97. The fraction of sp³-hybridized carbons (Fsp3) is 0.438. The molecule has 4 N–H and O–H groups in total. The molecule has 6 heteroatoms. The Morgan fingerprint density at radius 3 is 2.86 bits per heavy atom. The smallest absolute Gasteiger partial charge is 0.240 e. The summed E-state index contributed by atoms with van der Waals surface area (Å²) in [7, 11) is 0. The molecule has 1 amide bonds. The van der Waals surface area contributed by atoms with E-state index in [0.29, 0.717) is 26.1 Å². The summed E-state index contributed by atoms with van der Waals surface area (Å²) in [4.78, 5) is 13.1. The van der Waals surface area contributed by atoms with Crippen LogP contribution in [0.25, 0.3) is 10.1 Å². The summed E-state index contributed by atoms with van der Waals surface area (Å²) in [5.41, 5.74) is 5.24. The SMILES string of the molecule is NC1(C(=O)NCC(O)c2cc3ccccc3s2)CCOCC1. The fourth-order valence-corrected chi connectivity index (χ4v) is 3.65. The van der Waals surface area contributed by atoms with Gasteiger partial charge in [-0.25, -0.2) is 0 Å². The summed E-state index contributed by atoms with van der Waals surface area (Å²) < 4.78 is 6.36. The molecular weight excluding hydrogens is 300 g/mol. The van der Waals surface area contributed by atoms with E-state index < -0.39 is 11.6 Å². The third-order valence-electron chi connectivity index (χ3n) is 4.07. The van der Waals surface area contributed by atoms with Crippen molar-refractivity contribution in [1.29, 1.82) is 0 Å². The van der Waals surface area contributed by atoms with Crippen molar-refractivity contribution in [2.24, 2.45) is 5.73 Å². The zero-order chi connectivity index (χ0) is 15.6. The number of aliphatic hydroxyl groups excluding tert-OH is 1. The number of aliphatic hydroxyl groups is 1.